The van der Waals surface area contributed by atoms with Crippen molar-refractivity contribution in [2.24, 2.45) is 35.5 Å². The predicted octanol–water partition coefficient (Wildman–Crippen LogP) is 17.9. The van der Waals surface area contributed by atoms with E-state index < -0.39 is 0 Å². The van der Waals surface area contributed by atoms with Crippen molar-refractivity contribution in [2.75, 3.05) is 4.90 Å². The maximum absolute atomic E-state index is 7.77. The van der Waals surface area contributed by atoms with Gasteiger partial charge in [0.1, 0.15) is 16.7 Å². The lowest BCUT2D eigenvalue weighted by molar-refractivity contribution is -0.00527. The van der Waals surface area contributed by atoms with Gasteiger partial charge in [-0.1, -0.05) is 118 Å². The molecular formula is C72H63BN2O2. The zero-order chi connectivity index (χ0) is 50.4. The van der Waals surface area contributed by atoms with Gasteiger partial charge in [0.05, 0.1) is 5.69 Å². The average Bonchev–Trinajstić information content (AvgIpc) is 4.33. The van der Waals surface area contributed by atoms with Gasteiger partial charge in [-0.25, -0.2) is 0 Å². The first-order chi connectivity index (χ1) is 37.6. The van der Waals surface area contributed by atoms with E-state index in [0.29, 0.717) is 0 Å². The molecule has 0 radical (unpaired) electrons. The summed E-state index contributed by atoms with van der Waals surface area (Å²) in [5, 5.41) is 8.73. The minimum atomic E-state index is -0.191. The number of nitrogens with zero attached hydrogens (tertiary/aromatic N) is 2. The molecule has 8 bridgehead atoms. The van der Waals surface area contributed by atoms with Crippen LogP contribution in [0.2, 0.25) is 0 Å². The number of anilines is 3. The lowest BCUT2D eigenvalue weighted by atomic mass is 9.45. The van der Waals surface area contributed by atoms with E-state index in [-0.39, 0.29) is 23.1 Å². The van der Waals surface area contributed by atoms with Crippen LogP contribution in [0.15, 0.2) is 154 Å². The Morgan fingerprint density at radius 3 is 1.84 bits per heavy atom. The summed E-state index contributed by atoms with van der Waals surface area (Å²) < 4.78 is 18.0. The third-order valence-electron chi connectivity index (χ3n) is 22.2. The maximum Gasteiger partial charge on any atom is 0.337 e. The SMILES string of the molecule is CC(C)(C)c1ccc(N2c3cc4c(oc5ccccc54)c4c3B(c3c2oc2c3ccc3ccccc32)n2c3ccc(C56CC7CC(CC(C7)C5)C6)cc3c3cc(C56CC7CC(CC(C7)C5)C6)cc-4c32)c(-c2ccccc2)c1. The van der Waals surface area contributed by atoms with Crippen molar-refractivity contribution in [1.82, 2.24) is 4.48 Å². The van der Waals surface area contributed by atoms with Crippen molar-refractivity contribution in [3.05, 3.63) is 162 Å². The van der Waals surface area contributed by atoms with Crippen molar-refractivity contribution >= 4 is 101 Å². The summed E-state index contributed by atoms with van der Waals surface area (Å²) in [4.78, 5) is 2.55. The number of hydrogen-bond donors (Lipinski definition) is 0. The summed E-state index contributed by atoms with van der Waals surface area (Å²) in [5.41, 5.74) is 20.4. The topological polar surface area (TPSA) is 34.5 Å². The summed E-state index contributed by atoms with van der Waals surface area (Å²) in [5.74, 6) is 6.08. The lowest BCUT2D eigenvalue weighted by Gasteiger charge is -2.57. The van der Waals surface area contributed by atoms with E-state index in [1.165, 1.54) is 154 Å². The minimum Gasteiger partial charge on any atom is -0.455 e. The Kier molecular flexibility index (Phi) is 8.15. The molecule has 0 N–H and O–H groups in total. The second-order valence-electron chi connectivity index (χ2n) is 27.6. The molecule has 0 amide bonds. The highest BCUT2D eigenvalue weighted by molar-refractivity contribution is 6.92. The first kappa shape index (κ1) is 43.1. The highest BCUT2D eigenvalue weighted by Gasteiger charge is 2.55. The molecule has 8 saturated carbocycles. The molecule has 0 atom stereocenters. The van der Waals surface area contributed by atoms with Gasteiger partial charge in [0.2, 0.25) is 5.88 Å². The first-order valence-corrected chi connectivity index (χ1v) is 29.7. The quantitative estimate of drug-likeness (QED) is 0.165. The Morgan fingerprint density at radius 2 is 1.13 bits per heavy atom. The summed E-state index contributed by atoms with van der Waals surface area (Å²) >= 11 is 0. The van der Waals surface area contributed by atoms with Crippen molar-refractivity contribution in [1.29, 1.82) is 0 Å². The number of rotatable bonds is 4. The highest BCUT2D eigenvalue weighted by Crippen LogP contribution is 2.64. The molecule has 77 heavy (non-hydrogen) atoms. The summed E-state index contributed by atoms with van der Waals surface area (Å²) in [6, 6.07) is 56.7. The molecule has 4 nitrogen and oxygen atoms in total. The van der Waals surface area contributed by atoms with Crippen molar-refractivity contribution in [3.8, 4) is 22.3 Å². The van der Waals surface area contributed by atoms with E-state index in [4.69, 9.17) is 8.83 Å². The van der Waals surface area contributed by atoms with E-state index in [1.807, 2.05) is 0 Å². The third-order valence-corrected chi connectivity index (χ3v) is 22.2. The number of benzene rings is 8. The van der Waals surface area contributed by atoms with E-state index in [0.717, 1.165) is 80.0 Å². The molecule has 5 heteroatoms. The normalized spacial score (nSPS) is 27.4. The summed E-state index contributed by atoms with van der Waals surface area (Å²) in [6.45, 7) is 6.82. The fourth-order valence-electron chi connectivity index (χ4n) is 19.9. The van der Waals surface area contributed by atoms with E-state index in [2.05, 4.69) is 176 Å². The van der Waals surface area contributed by atoms with Crippen LogP contribution >= 0.6 is 0 Å². The maximum atomic E-state index is 7.77. The van der Waals surface area contributed by atoms with Crippen molar-refractivity contribution in [2.45, 2.75) is 114 Å². The van der Waals surface area contributed by atoms with Gasteiger partial charge >= 0.3 is 6.85 Å². The first-order valence-electron chi connectivity index (χ1n) is 29.7. The molecule has 8 aliphatic carbocycles. The summed E-state index contributed by atoms with van der Waals surface area (Å²) in [6.07, 6.45) is 16.8. The number of para-hydroxylation sites is 1. The molecule has 2 aliphatic heterocycles. The molecule has 8 aromatic carbocycles. The lowest BCUT2D eigenvalue weighted by Crippen LogP contribution is -2.56. The molecule has 0 saturated heterocycles. The number of aromatic nitrogens is 1. The molecule has 0 unspecified atom stereocenters. The fraction of sp³-hybridized carbons (Fsp3) is 0.333. The van der Waals surface area contributed by atoms with Crippen LogP contribution in [0.4, 0.5) is 17.3 Å². The Bertz CT molecular complexity index is 4350. The van der Waals surface area contributed by atoms with Gasteiger partial charge < -0.3 is 13.3 Å². The van der Waals surface area contributed by atoms with Gasteiger partial charge in [0, 0.05) is 71.2 Å². The van der Waals surface area contributed by atoms with Crippen LogP contribution in [0.25, 0.3) is 87.7 Å². The molecule has 3 aromatic heterocycles. The zero-order valence-corrected chi connectivity index (χ0v) is 44.6. The van der Waals surface area contributed by atoms with Crippen LogP contribution in [0.5, 0.6) is 0 Å². The molecule has 11 aromatic rings. The number of hydrogen-bond acceptors (Lipinski definition) is 3. The number of furan rings is 2. The molecule has 21 rings (SSSR count). The molecular weight excluding hydrogens is 936 g/mol. The van der Waals surface area contributed by atoms with E-state index in [1.54, 1.807) is 11.1 Å². The van der Waals surface area contributed by atoms with Crippen LogP contribution in [0.3, 0.4) is 0 Å². The smallest absolute Gasteiger partial charge is 0.337 e. The van der Waals surface area contributed by atoms with Crippen molar-refractivity contribution < 1.29 is 8.83 Å². The summed E-state index contributed by atoms with van der Waals surface area (Å²) in [7, 11) is 0. The van der Waals surface area contributed by atoms with Gasteiger partial charge in [-0.2, -0.15) is 0 Å². The third kappa shape index (κ3) is 5.66. The Morgan fingerprint density at radius 1 is 0.481 bits per heavy atom. The highest BCUT2D eigenvalue weighted by atomic mass is 16.4. The van der Waals surface area contributed by atoms with Gasteiger partial charge in [0.15, 0.2) is 0 Å². The molecule has 5 heterocycles. The van der Waals surface area contributed by atoms with Crippen LogP contribution in [-0.4, -0.2) is 11.3 Å². The fourth-order valence-corrected chi connectivity index (χ4v) is 19.9. The second kappa shape index (κ2) is 14.6. The Hall–Kier alpha value is -6.98. The average molecular weight is 999 g/mol. The van der Waals surface area contributed by atoms with E-state index in [9.17, 15) is 0 Å². The van der Waals surface area contributed by atoms with Crippen molar-refractivity contribution in [3.63, 3.8) is 0 Å². The Balaban J connectivity index is 0.980. The monoisotopic (exact) mass is 998 g/mol. The van der Waals surface area contributed by atoms with Crippen LogP contribution in [0.1, 0.15) is 115 Å². The van der Waals surface area contributed by atoms with Crippen LogP contribution in [0, 0.1) is 35.5 Å². The van der Waals surface area contributed by atoms with Gasteiger partial charge in [0.25, 0.3) is 0 Å². The van der Waals surface area contributed by atoms with E-state index >= 15 is 0 Å². The van der Waals surface area contributed by atoms with Gasteiger partial charge in [-0.05, 0) is 210 Å². The molecule has 10 aliphatic rings. The number of fused-ring (bicyclic) bond motifs is 15. The molecule has 8 fully saturated rings. The standard InChI is InChI=1S/C72H63BN2O2/c1-70(2,3)48-18-21-59(54(29-48)46-11-5-4-6-12-46)74-61-33-57-52-15-9-10-16-62(52)76-68(57)63-58-32-50(72-37-43-26-44(38-72)28-45(27-43)39-72)31-56-55-30-49(71-34-40-23-41(35-71)25-42(24-40)36-71)19-22-60(55)75(66(56)58)73(65(61)63)64-53-20-17-47-13-7-8-14-51(47)67(53)77-69(64)74/h4-22,29-33,40-45H,23-28,34-39H2,1-3H3. The van der Waals surface area contributed by atoms with Crippen LogP contribution in [-0.2, 0) is 16.2 Å². The van der Waals surface area contributed by atoms with Gasteiger partial charge in [-0.3, -0.25) is 4.90 Å². The second-order valence-corrected chi connectivity index (χ2v) is 27.6. The molecule has 0 spiro atoms. The largest absolute Gasteiger partial charge is 0.455 e. The Labute approximate surface area is 450 Å². The van der Waals surface area contributed by atoms with Gasteiger partial charge in [-0.15, -0.1) is 0 Å². The van der Waals surface area contributed by atoms with Crippen LogP contribution < -0.4 is 15.8 Å². The molecule has 376 valence electrons. The minimum absolute atomic E-state index is 0.0548. The zero-order valence-electron chi connectivity index (χ0n) is 44.6. The predicted molar refractivity (Wildman–Crippen MR) is 318 cm³/mol.